The summed E-state index contributed by atoms with van der Waals surface area (Å²) >= 11 is 0. The van der Waals surface area contributed by atoms with E-state index in [9.17, 15) is 4.79 Å². The number of rotatable bonds is 6. The van der Waals surface area contributed by atoms with Crippen molar-refractivity contribution in [3.05, 3.63) is 69.9 Å². The van der Waals surface area contributed by atoms with Gasteiger partial charge in [-0.05, 0) is 62.4 Å². The van der Waals surface area contributed by atoms with Gasteiger partial charge in [0.2, 0.25) is 0 Å². The van der Waals surface area contributed by atoms with Crippen LogP contribution in [0.1, 0.15) is 60.2 Å². The maximum atomic E-state index is 11.2. The smallest absolute Gasteiger partial charge is 0.162 e. The van der Waals surface area contributed by atoms with Crippen LogP contribution in [-0.2, 0) is 17.8 Å². The number of piperazine rings is 1. The average Bonchev–Trinajstić information content (AvgIpc) is 2.90. The third-order valence-electron chi connectivity index (χ3n) is 8.23. The highest BCUT2D eigenvalue weighted by molar-refractivity contribution is 5.67. The minimum absolute atomic E-state index is 0.260. The molecule has 0 aliphatic carbocycles. The predicted octanol–water partition coefficient (Wildman–Crippen LogP) is 5.46. The first-order valence-corrected chi connectivity index (χ1v) is 14.0. The molecule has 1 aromatic heterocycles. The lowest BCUT2D eigenvalue weighted by atomic mass is 9.97. The number of hydrogen-bond donors (Lipinski definition) is 0. The molecule has 6 heteroatoms. The number of benzene rings is 2. The second-order valence-corrected chi connectivity index (χ2v) is 11.5. The molecular weight excluding hydrogens is 470 g/mol. The Kier molecular flexibility index (Phi) is 7.53. The van der Waals surface area contributed by atoms with Crippen LogP contribution < -0.4 is 9.80 Å². The fraction of sp³-hybridized carbons (Fsp3) is 0.469. The van der Waals surface area contributed by atoms with Crippen molar-refractivity contribution in [3.63, 3.8) is 0 Å². The number of aromatic nitrogens is 2. The molecule has 2 aliphatic rings. The first kappa shape index (κ1) is 26.4. The summed E-state index contributed by atoms with van der Waals surface area (Å²) in [5, 5.41) is 0. The molecule has 0 bridgehead atoms. The average molecular weight is 512 g/mol. The topological polar surface area (TPSA) is 52.6 Å². The Labute approximate surface area is 227 Å². The van der Waals surface area contributed by atoms with Crippen LogP contribution in [0.3, 0.4) is 0 Å². The van der Waals surface area contributed by atoms with Gasteiger partial charge in [0.05, 0.1) is 12.2 Å². The molecular formula is C32H41N5O. The monoisotopic (exact) mass is 511 g/mol. The van der Waals surface area contributed by atoms with Gasteiger partial charge in [-0.1, -0.05) is 43.7 Å². The van der Waals surface area contributed by atoms with E-state index in [4.69, 9.17) is 9.97 Å². The molecule has 2 aliphatic heterocycles. The summed E-state index contributed by atoms with van der Waals surface area (Å²) < 4.78 is 0. The molecule has 1 saturated heterocycles. The minimum Gasteiger partial charge on any atom is -0.366 e. The Morgan fingerprint density at radius 3 is 2.53 bits per heavy atom. The molecule has 0 amide bonds. The predicted molar refractivity (Wildman–Crippen MR) is 156 cm³/mol. The molecule has 3 heterocycles. The first-order valence-electron chi connectivity index (χ1n) is 14.0. The molecule has 0 saturated carbocycles. The molecule has 3 aromatic rings. The number of nitrogens with zero attached hydrogens (tertiary/aromatic N) is 5. The summed E-state index contributed by atoms with van der Waals surface area (Å²) in [4.78, 5) is 28.9. The summed E-state index contributed by atoms with van der Waals surface area (Å²) in [7, 11) is 0. The fourth-order valence-electron chi connectivity index (χ4n) is 5.88. The van der Waals surface area contributed by atoms with Crippen LogP contribution in [0.5, 0.6) is 0 Å². The zero-order chi connectivity index (χ0) is 27.0. The largest absolute Gasteiger partial charge is 0.366 e. The summed E-state index contributed by atoms with van der Waals surface area (Å²) in [5.74, 6) is 2.38. The van der Waals surface area contributed by atoms with Gasteiger partial charge in [0, 0.05) is 62.0 Å². The lowest BCUT2D eigenvalue weighted by molar-refractivity contribution is -0.109. The maximum absolute atomic E-state index is 11.2. The zero-order valence-electron chi connectivity index (χ0n) is 23.8. The van der Waals surface area contributed by atoms with Gasteiger partial charge in [-0.25, -0.2) is 9.97 Å². The van der Waals surface area contributed by atoms with E-state index in [1.165, 1.54) is 39.2 Å². The van der Waals surface area contributed by atoms with E-state index in [0.717, 1.165) is 62.6 Å². The van der Waals surface area contributed by atoms with Gasteiger partial charge in [0.1, 0.15) is 12.1 Å². The maximum Gasteiger partial charge on any atom is 0.162 e. The van der Waals surface area contributed by atoms with Crippen molar-refractivity contribution in [1.82, 2.24) is 14.9 Å². The van der Waals surface area contributed by atoms with Crippen LogP contribution in [-0.4, -0.2) is 59.9 Å². The van der Waals surface area contributed by atoms with Gasteiger partial charge in [-0.15, -0.1) is 0 Å². The molecule has 0 radical (unpaired) electrons. The normalized spacial score (nSPS) is 18.1. The van der Waals surface area contributed by atoms with Gasteiger partial charge in [0.15, 0.2) is 5.82 Å². The molecule has 1 atom stereocenters. The van der Waals surface area contributed by atoms with Crippen LogP contribution >= 0.6 is 0 Å². The number of hydrogen-bond acceptors (Lipinski definition) is 6. The van der Waals surface area contributed by atoms with Gasteiger partial charge >= 0.3 is 0 Å². The van der Waals surface area contributed by atoms with Gasteiger partial charge < -0.3 is 14.6 Å². The Morgan fingerprint density at radius 1 is 1.00 bits per heavy atom. The van der Waals surface area contributed by atoms with Gasteiger partial charge in [-0.3, -0.25) is 4.90 Å². The van der Waals surface area contributed by atoms with E-state index < -0.39 is 0 Å². The van der Waals surface area contributed by atoms with E-state index in [0.29, 0.717) is 12.5 Å². The van der Waals surface area contributed by atoms with Crippen LogP contribution in [0.15, 0.2) is 36.4 Å². The third-order valence-corrected chi connectivity index (χ3v) is 8.23. The molecule has 200 valence electrons. The van der Waals surface area contributed by atoms with E-state index in [1.54, 1.807) is 0 Å². The molecule has 5 rings (SSSR count). The summed E-state index contributed by atoms with van der Waals surface area (Å²) in [5.41, 5.74) is 9.94. The minimum atomic E-state index is 0.260. The van der Waals surface area contributed by atoms with Gasteiger partial charge in [-0.2, -0.15) is 0 Å². The second-order valence-electron chi connectivity index (χ2n) is 11.5. The second kappa shape index (κ2) is 10.9. The van der Waals surface area contributed by atoms with Crippen LogP contribution in [0, 0.1) is 20.8 Å². The molecule has 6 nitrogen and oxygen atoms in total. The van der Waals surface area contributed by atoms with Crippen molar-refractivity contribution in [1.29, 1.82) is 0 Å². The number of aldehydes is 1. The van der Waals surface area contributed by atoms with Crippen LogP contribution in [0.4, 0.5) is 11.5 Å². The molecule has 1 fully saturated rings. The Morgan fingerprint density at radius 2 is 1.79 bits per heavy atom. The number of fused-ring (bicyclic) bond motifs is 1. The van der Waals surface area contributed by atoms with Crippen molar-refractivity contribution in [2.45, 2.75) is 66.5 Å². The fourth-order valence-corrected chi connectivity index (χ4v) is 5.88. The lowest BCUT2D eigenvalue weighted by Crippen LogP contribution is -2.53. The van der Waals surface area contributed by atoms with E-state index in [-0.39, 0.29) is 6.04 Å². The first-order chi connectivity index (χ1) is 18.2. The summed E-state index contributed by atoms with van der Waals surface area (Å²) in [6, 6.07) is 13.7. The highest BCUT2D eigenvalue weighted by Gasteiger charge is 2.31. The zero-order valence-corrected chi connectivity index (χ0v) is 23.8. The molecule has 0 spiro atoms. The van der Waals surface area contributed by atoms with Crippen molar-refractivity contribution in [2.24, 2.45) is 0 Å². The Hall–Kier alpha value is -3.25. The number of carbonyl (C=O) groups excluding carboxylic acids is 1. The Bertz CT molecular complexity index is 1330. The van der Waals surface area contributed by atoms with E-state index in [2.05, 4.69) is 92.6 Å². The number of carbonyl (C=O) groups is 1. The molecule has 0 unspecified atom stereocenters. The SMILES string of the molecule is Cc1ccc(C)c(-c2nc3c(c(N4CCN(CC=O)C[C@H]4C)n2)CN(c2cc(C(C)C)ccc2C)CC3)c1. The third kappa shape index (κ3) is 5.19. The van der Waals surface area contributed by atoms with Crippen molar-refractivity contribution >= 4 is 17.8 Å². The quantitative estimate of drug-likeness (QED) is 0.410. The number of aryl methyl sites for hydroxylation is 3. The van der Waals surface area contributed by atoms with Gasteiger partial charge in [0.25, 0.3) is 0 Å². The van der Waals surface area contributed by atoms with Crippen molar-refractivity contribution in [3.8, 4) is 11.4 Å². The van der Waals surface area contributed by atoms with Crippen LogP contribution in [0.25, 0.3) is 11.4 Å². The van der Waals surface area contributed by atoms with E-state index in [1.807, 2.05) is 0 Å². The lowest BCUT2D eigenvalue weighted by Gasteiger charge is -2.42. The molecule has 0 N–H and O–H groups in total. The standard InChI is InChI=1S/C32H41N5O/c1-21(2)26-10-9-24(5)30(18-26)36-12-11-29-28(20-36)32(37-14-13-35(15-16-38)19-25(37)6)34-31(33-29)27-17-22(3)7-8-23(27)4/h7-10,16-18,21,25H,11-15,19-20H2,1-6H3/t25-/m1/s1. The summed E-state index contributed by atoms with van der Waals surface area (Å²) in [6.45, 7) is 18.1. The summed E-state index contributed by atoms with van der Waals surface area (Å²) in [6.07, 6.45) is 1.91. The number of anilines is 2. The van der Waals surface area contributed by atoms with E-state index >= 15 is 0 Å². The van der Waals surface area contributed by atoms with Crippen molar-refractivity contribution in [2.75, 3.05) is 42.5 Å². The van der Waals surface area contributed by atoms with Crippen molar-refractivity contribution < 1.29 is 4.79 Å². The highest BCUT2D eigenvalue weighted by atomic mass is 16.1. The molecule has 38 heavy (non-hydrogen) atoms. The highest BCUT2D eigenvalue weighted by Crippen LogP contribution is 2.36. The molecule has 2 aromatic carbocycles. The van der Waals surface area contributed by atoms with Crippen LogP contribution in [0.2, 0.25) is 0 Å². The Balaban J connectivity index is 1.58.